The smallest absolute Gasteiger partial charge is 0.357 e. The highest BCUT2D eigenvalue weighted by molar-refractivity contribution is 14.0. The minimum absolute atomic E-state index is 0. The minimum atomic E-state index is -4.14. The Bertz CT molecular complexity index is 522. The fourth-order valence-electron chi connectivity index (χ4n) is 2.75. The molecule has 1 fully saturated rings. The summed E-state index contributed by atoms with van der Waals surface area (Å²) in [6, 6.07) is 4.12. The predicted octanol–water partition coefficient (Wildman–Crippen LogP) is 3.66. The number of thiophene rings is 1. The normalized spacial score (nSPS) is 20.2. The maximum atomic E-state index is 12.5. The standard InChI is InChI=1S/C16H25F3N4S.HI/c1-3-20-15(21-9-12(2)14-5-4-8-24-14)22-13-6-7-23(10-13)11-16(17,18)19;/h4-5,8,12-13H,3,6-7,9-11H2,1-2H3,(H2,20,21,22);1H. The van der Waals surface area contributed by atoms with E-state index in [1.165, 1.54) is 9.78 Å². The Balaban J connectivity index is 0.00000312. The zero-order chi connectivity index (χ0) is 17.6. The van der Waals surface area contributed by atoms with E-state index in [-0.39, 0.29) is 30.0 Å². The van der Waals surface area contributed by atoms with Crippen LogP contribution in [0.4, 0.5) is 13.2 Å². The monoisotopic (exact) mass is 490 g/mol. The maximum absolute atomic E-state index is 12.5. The summed E-state index contributed by atoms with van der Waals surface area (Å²) in [4.78, 5) is 7.32. The summed E-state index contributed by atoms with van der Waals surface area (Å²) in [7, 11) is 0. The molecule has 0 bridgehead atoms. The number of guanidine groups is 1. The average molecular weight is 490 g/mol. The van der Waals surface area contributed by atoms with Crippen molar-refractivity contribution in [3.8, 4) is 0 Å². The number of hydrogen-bond donors (Lipinski definition) is 2. The second-order valence-corrected chi connectivity index (χ2v) is 7.10. The molecule has 0 aromatic carbocycles. The van der Waals surface area contributed by atoms with Crippen LogP contribution in [0.1, 0.15) is 31.1 Å². The van der Waals surface area contributed by atoms with E-state index in [0.717, 1.165) is 6.54 Å². The molecule has 1 aliphatic heterocycles. The van der Waals surface area contributed by atoms with Crippen LogP contribution in [0.2, 0.25) is 0 Å². The van der Waals surface area contributed by atoms with Crippen LogP contribution >= 0.6 is 35.3 Å². The number of likely N-dealkylation sites (tertiary alicyclic amines) is 1. The lowest BCUT2D eigenvalue weighted by Crippen LogP contribution is -2.45. The van der Waals surface area contributed by atoms with Crippen molar-refractivity contribution in [2.75, 3.05) is 32.7 Å². The summed E-state index contributed by atoms with van der Waals surface area (Å²) in [5, 5.41) is 8.49. The van der Waals surface area contributed by atoms with E-state index in [4.69, 9.17) is 0 Å². The maximum Gasteiger partial charge on any atom is 0.401 e. The van der Waals surface area contributed by atoms with E-state index in [9.17, 15) is 13.2 Å². The predicted molar refractivity (Wildman–Crippen MR) is 108 cm³/mol. The van der Waals surface area contributed by atoms with E-state index >= 15 is 0 Å². The van der Waals surface area contributed by atoms with Gasteiger partial charge in [0.1, 0.15) is 0 Å². The van der Waals surface area contributed by atoms with E-state index in [0.29, 0.717) is 37.9 Å². The van der Waals surface area contributed by atoms with E-state index in [1.54, 1.807) is 11.3 Å². The van der Waals surface area contributed by atoms with Gasteiger partial charge in [0.15, 0.2) is 5.96 Å². The van der Waals surface area contributed by atoms with Gasteiger partial charge in [-0.15, -0.1) is 35.3 Å². The SMILES string of the molecule is CCNC(=NCC(C)c1cccs1)NC1CCN(CC(F)(F)F)C1.I. The van der Waals surface area contributed by atoms with Crippen LogP contribution in [0.15, 0.2) is 22.5 Å². The fourth-order valence-corrected chi connectivity index (χ4v) is 3.53. The van der Waals surface area contributed by atoms with Crippen LogP contribution in [0, 0.1) is 0 Å². The van der Waals surface area contributed by atoms with Gasteiger partial charge in [0.05, 0.1) is 13.1 Å². The number of nitrogens with one attached hydrogen (secondary N) is 2. The molecule has 1 aliphatic rings. The Labute approximate surface area is 168 Å². The molecule has 25 heavy (non-hydrogen) atoms. The molecule has 0 amide bonds. The summed E-state index contributed by atoms with van der Waals surface area (Å²) >= 11 is 1.71. The van der Waals surface area contributed by atoms with Crippen molar-refractivity contribution in [1.82, 2.24) is 15.5 Å². The Kier molecular flexibility index (Phi) is 9.50. The van der Waals surface area contributed by atoms with Crippen molar-refractivity contribution < 1.29 is 13.2 Å². The Morgan fingerprint density at radius 3 is 2.84 bits per heavy atom. The van der Waals surface area contributed by atoms with Crippen molar-refractivity contribution in [3.05, 3.63) is 22.4 Å². The first-order valence-corrected chi connectivity index (χ1v) is 9.12. The van der Waals surface area contributed by atoms with E-state index in [2.05, 4.69) is 28.6 Å². The van der Waals surface area contributed by atoms with Gasteiger partial charge in [-0.3, -0.25) is 9.89 Å². The van der Waals surface area contributed by atoms with Crippen LogP contribution in [-0.4, -0.2) is 55.8 Å². The zero-order valence-electron chi connectivity index (χ0n) is 14.5. The van der Waals surface area contributed by atoms with Gasteiger partial charge in [0.2, 0.25) is 0 Å². The Morgan fingerprint density at radius 1 is 1.48 bits per heavy atom. The molecule has 2 rings (SSSR count). The number of halogens is 4. The van der Waals surface area contributed by atoms with Gasteiger partial charge >= 0.3 is 6.18 Å². The second kappa shape index (κ2) is 10.6. The molecule has 2 N–H and O–H groups in total. The van der Waals surface area contributed by atoms with Gasteiger partial charge in [-0.1, -0.05) is 13.0 Å². The molecule has 0 spiro atoms. The number of rotatable bonds is 6. The molecule has 9 heteroatoms. The van der Waals surface area contributed by atoms with E-state index < -0.39 is 12.7 Å². The van der Waals surface area contributed by atoms with Crippen molar-refractivity contribution in [1.29, 1.82) is 0 Å². The number of aliphatic imine (C=N–C) groups is 1. The second-order valence-electron chi connectivity index (χ2n) is 6.12. The minimum Gasteiger partial charge on any atom is -0.357 e. The summed E-state index contributed by atoms with van der Waals surface area (Å²) in [5.41, 5.74) is 0. The molecule has 1 aromatic rings. The van der Waals surface area contributed by atoms with Gasteiger partial charge in [-0.25, -0.2) is 0 Å². The molecule has 4 nitrogen and oxygen atoms in total. The number of hydrogen-bond acceptors (Lipinski definition) is 3. The summed E-state index contributed by atoms with van der Waals surface area (Å²) in [5.74, 6) is 1.01. The number of alkyl halides is 3. The van der Waals surface area contributed by atoms with E-state index in [1.807, 2.05) is 18.4 Å². The lowest BCUT2D eigenvalue weighted by Gasteiger charge is -2.20. The number of nitrogens with zero attached hydrogens (tertiary/aromatic N) is 2. The lowest BCUT2D eigenvalue weighted by molar-refractivity contribution is -0.143. The highest BCUT2D eigenvalue weighted by Crippen LogP contribution is 2.21. The van der Waals surface area contributed by atoms with Crippen molar-refractivity contribution >= 4 is 41.3 Å². The van der Waals surface area contributed by atoms with Gasteiger partial charge in [0, 0.05) is 36.5 Å². The molecule has 0 aliphatic carbocycles. The average Bonchev–Trinajstić information content (AvgIpc) is 3.15. The molecular weight excluding hydrogens is 464 g/mol. The molecule has 1 aromatic heterocycles. The van der Waals surface area contributed by atoms with Crippen molar-refractivity contribution in [2.45, 2.75) is 38.4 Å². The highest BCUT2D eigenvalue weighted by atomic mass is 127. The molecule has 2 atom stereocenters. The first-order chi connectivity index (χ1) is 11.4. The van der Waals surface area contributed by atoms with Gasteiger partial charge in [0.25, 0.3) is 0 Å². The van der Waals surface area contributed by atoms with Gasteiger partial charge in [-0.05, 0) is 24.8 Å². The summed E-state index contributed by atoms with van der Waals surface area (Å²) in [6.45, 7) is 5.48. The molecule has 0 saturated carbocycles. The Morgan fingerprint density at radius 2 is 2.24 bits per heavy atom. The summed E-state index contributed by atoms with van der Waals surface area (Å²) < 4.78 is 37.4. The molecular formula is C16H26F3IN4S. The van der Waals surface area contributed by atoms with Gasteiger partial charge in [-0.2, -0.15) is 13.2 Å². The van der Waals surface area contributed by atoms with Crippen LogP contribution in [-0.2, 0) is 0 Å². The molecule has 2 unspecified atom stereocenters. The van der Waals surface area contributed by atoms with Crippen molar-refractivity contribution in [2.24, 2.45) is 4.99 Å². The highest BCUT2D eigenvalue weighted by Gasteiger charge is 2.34. The molecule has 1 saturated heterocycles. The van der Waals surface area contributed by atoms with Crippen molar-refractivity contribution in [3.63, 3.8) is 0 Å². The first-order valence-electron chi connectivity index (χ1n) is 8.24. The third kappa shape index (κ3) is 8.12. The quantitative estimate of drug-likeness (QED) is 0.364. The van der Waals surface area contributed by atoms with Crippen LogP contribution in [0.5, 0.6) is 0 Å². The molecule has 144 valence electrons. The lowest BCUT2D eigenvalue weighted by atomic mass is 10.1. The van der Waals surface area contributed by atoms with Crippen LogP contribution in [0.25, 0.3) is 0 Å². The van der Waals surface area contributed by atoms with Crippen LogP contribution in [0.3, 0.4) is 0 Å². The van der Waals surface area contributed by atoms with Gasteiger partial charge < -0.3 is 10.6 Å². The Hall–Kier alpha value is -0.550. The van der Waals surface area contributed by atoms with Crippen LogP contribution < -0.4 is 10.6 Å². The summed E-state index contributed by atoms with van der Waals surface area (Å²) in [6.07, 6.45) is -3.44. The fraction of sp³-hybridized carbons (Fsp3) is 0.688. The first kappa shape index (κ1) is 22.5. The third-order valence-corrected chi connectivity index (χ3v) is 5.02. The zero-order valence-corrected chi connectivity index (χ0v) is 17.6. The topological polar surface area (TPSA) is 39.7 Å². The molecule has 0 radical (unpaired) electrons. The third-order valence-electron chi connectivity index (χ3n) is 3.91. The molecule has 2 heterocycles. The largest absolute Gasteiger partial charge is 0.401 e.